The van der Waals surface area contributed by atoms with Crippen molar-refractivity contribution in [1.29, 1.82) is 0 Å². The predicted octanol–water partition coefficient (Wildman–Crippen LogP) is 1.86. The van der Waals surface area contributed by atoms with E-state index < -0.39 is 0 Å². The van der Waals surface area contributed by atoms with Crippen LogP contribution in [0.1, 0.15) is 39.9 Å². The van der Waals surface area contributed by atoms with E-state index in [0.29, 0.717) is 12.0 Å². The van der Waals surface area contributed by atoms with Gasteiger partial charge in [-0.05, 0) is 18.9 Å². The van der Waals surface area contributed by atoms with Crippen LogP contribution in [0.5, 0.6) is 0 Å². The number of hydrogen-bond donors (Lipinski definition) is 1. The van der Waals surface area contributed by atoms with E-state index in [2.05, 4.69) is 43.1 Å². The van der Waals surface area contributed by atoms with Gasteiger partial charge in [-0.2, -0.15) is 5.10 Å². The van der Waals surface area contributed by atoms with Crippen molar-refractivity contribution in [3.8, 4) is 0 Å². The third kappa shape index (κ3) is 4.31. The molecule has 1 N–H and O–H groups in total. The van der Waals surface area contributed by atoms with Crippen LogP contribution in [0.15, 0.2) is 6.33 Å². The summed E-state index contributed by atoms with van der Waals surface area (Å²) in [4.78, 5) is 4.33. The summed E-state index contributed by atoms with van der Waals surface area (Å²) in [5, 5.41) is 7.69. The summed E-state index contributed by atoms with van der Waals surface area (Å²) in [6.45, 7) is 10.8. The van der Waals surface area contributed by atoms with Crippen LogP contribution in [0.2, 0.25) is 0 Å². The smallest absolute Gasteiger partial charge is 0.138 e. The molecule has 0 radical (unpaired) electrons. The SMILES string of the molecule is CCCn1ncnc1CC(C)CNC(C)C. The van der Waals surface area contributed by atoms with Gasteiger partial charge in [0.05, 0.1) is 0 Å². The van der Waals surface area contributed by atoms with Crippen LogP contribution in [0, 0.1) is 5.92 Å². The molecule has 0 saturated heterocycles. The monoisotopic (exact) mass is 224 g/mol. The summed E-state index contributed by atoms with van der Waals surface area (Å²) in [7, 11) is 0. The fraction of sp³-hybridized carbons (Fsp3) is 0.833. The van der Waals surface area contributed by atoms with E-state index in [1.807, 2.05) is 4.68 Å². The highest BCUT2D eigenvalue weighted by atomic mass is 15.3. The summed E-state index contributed by atoms with van der Waals surface area (Å²) < 4.78 is 2.02. The lowest BCUT2D eigenvalue weighted by Gasteiger charge is -2.14. The molecular formula is C12H24N4. The molecule has 1 rings (SSSR count). The number of aryl methyl sites for hydroxylation is 1. The molecule has 0 aliphatic rings. The molecule has 0 amide bonds. The molecule has 4 heteroatoms. The summed E-state index contributed by atoms with van der Waals surface area (Å²) in [5.41, 5.74) is 0. The van der Waals surface area contributed by atoms with Crippen LogP contribution in [-0.2, 0) is 13.0 Å². The molecular weight excluding hydrogens is 200 g/mol. The van der Waals surface area contributed by atoms with E-state index in [0.717, 1.165) is 31.8 Å². The van der Waals surface area contributed by atoms with Crippen molar-refractivity contribution in [2.75, 3.05) is 6.54 Å². The summed E-state index contributed by atoms with van der Waals surface area (Å²) in [5.74, 6) is 1.71. The van der Waals surface area contributed by atoms with Gasteiger partial charge in [0.15, 0.2) is 0 Å². The number of hydrogen-bond acceptors (Lipinski definition) is 3. The predicted molar refractivity (Wildman–Crippen MR) is 66.3 cm³/mol. The largest absolute Gasteiger partial charge is 0.314 e. The second kappa shape index (κ2) is 6.63. The van der Waals surface area contributed by atoms with E-state index in [9.17, 15) is 0 Å². The number of aromatic nitrogens is 3. The third-order valence-electron chi connectivity index (χ3n) is 2.54. The average molecular weight is 224 g/mol. The first-order valence-corrected chi connectivity index (χ1v) is 6.23. The molecule has 1 atom stereocenters. The van der Waals surface area contributed by atoms with Crippen molar-refractivity contribution in [2.45, 2.75) is 53.1 Å². The lowest BCUT2D eigenvalue weighted by atomic mass is 10.1. The van der Waals surface area contributed by atoms with Gasteiger partial charge in [0, 0.05) is 19.0 Å². The third-order valence-corrected chi connectivity index (χ3v) is 2.54. The van der Waals surface area contributed by atoms with Gasteiger partial charge in [-0.25, -0.2) is 4.98 Å². The van der Waals surface area contributed by atoms with Crippen molar-refractivity contribution in [3.63, 3.8) is 0 Å². The van der Waals surface area contributed by atoms with Crippen LogP contribution in [0.4, 0.5) is 0 Å². The molecule has 0 aliphatic carbocycles. The molecule has 1 aromatic heterocycles. The lowest BCUT2D eigenvalue weighted by molar-refractivity contribution is 0.452. The highest BCUT2D eigenvalue weighted by molar-refractivity contribution is 4.87. The zero-order valence-corrected chi connectivity index (χ0v) is 10.9. The minimum absolute atomic E-state index is 0.552. The van der Waals surface area contributed by atoms with Gasteiger partial charge in [0.1, 0.15) is 12.2 Å². The molecule has 1 unspecified atom stereocenters. The van der Waals surface area contributed by atoms with Crippen molar-refractivity contribution in [1.82, 2.24) is 20.1 Å². The summed E-state index contributed by atoms with van der Waals surface area (Å²) >= 11 is 0. The average Bonchev–Trinajstić information content (AvgIpc) is 2.63. The zero-order valence-electron chi connectivity index (χ0n) is 10.9. The van der Waals surface area contributed by atoms with E-state index in [-0.39, 0.29) is 0 Å². The minimum atomic E-state index is 0.552. The van der Waals surface area contributed by atoms with Gasteiger partial charge < -0.3 is 5.32 Å². The normalized spacial score (nSPS) is 13.3. The van der Waals surface area contributed by atoms with Crippen molar-refractivity contribution >= 4 is 0 Å². The molecule has 4 nitrogen and oxygen atoms in total. The molecule has 0 fully saturated rings. The van der Waals surface area contributed by atoms with E-state index in [1.165, 1.54) is 0 Å². The maximum atomic E-state index is 4.33. The molecule has 0 aromatic carbocycles. The standard InChI is InChI=1S/C12H24N4/c1-5-6-16-12(14-9-15-16)7-11(4)8-13-10(2)3/h9-11,13H,5-8H2,1-4H3. The zero-order chi connectivity index (χ0) is 12.0. The maximum Gasteiger partial charge on any atom is 0.138 e. The van der Waals surface area contributed by atoms with Gasteiger partial charge >= 0.3 is 0 Å². The van der Waals surface area contributed by atoms with Crippen LogP contribution < -0.4 is 5.32 Å². The first kappa shape index (κ1) is 13.2. The quantitative estimate of drug-likeness (QED) is 0.769. The second-order valence-electron chi connectivity index (χ2n) is 4.77. The number of nitrogens with one attached hydrogen (secondary N) is 1. The van der Waals surface area contributed by atoms with Crippen LogP contribution in [0.3, 0.4) is 0 Å². The molecule has 0 aliphatic heterocycles. The van der Waals surface area contributed by atoms with Crippen LogP contribution in [-0.4, -0.2) is 27.4 Å². The Kier molecular flexibility index (Phi) is 5.46. The molecule has 0 saturated carbocycles. The highest BCUT2D eigenvalue weighted by Crippen LogP contribution is 2.05. The van der Waals surface area contributed by atoms with Gasteiger partial charge in [-0.15, -0.1) is 0 Å². The van der Waals surface area contributed by atoms with Crippen molar-refractivity contribution in [2.24, 2.45) is 5.92 Å². The topological polar surface area (TPSA) is 42.7 Å². The van der Waals surface area contributed by atoms with E-state index in [1.54, 1.807) is 6.33 Å². The molecule has 1 aromatic rings. The molecule has 92 valence electrons. The molecule has 16 heavy (non-hydrogen) atoms. The Labute approximate surface area is 98.5 Å². The molecule has 0 spiro atoms. The first-order chi connectivity index (χ1) is 7.63. The first-order valence-electron chi connectivity index (χ1n) is 6.23. The Morgan fingerprint density at radius 3 is 2.75 bits per heavy atom. The number of rotatable bonds is 7. The molecule has 0 bridgehead atoms. The van der Waals surface area contributed by atoms with Gasteiger partial charge in [0.25, 0.3) is 0 Å². The second-order valence-corrected chi connectivity index (χ2v) is 4.77. The fourth-order valence-electron chi connectivity index (χ4n) is 1.67. The van der Waals surface area contributed by atoms with E-state index >= 15 is 0 Å². The van der Waals surface area contributed by atoms with Gasteiger partial charge in [-0.3, -0.25) is 4.68 Å². The Balaban J connectivity index is 2.42. The minimum Gasteiger partial charge on any atom is -0.314 e. The summed E-state index contributed by atoms with van der Waals surface area (Å²) in [6, 6.07) is 0.552. The Morgan fingerprint density at radius 2 is 2.12 bits per heavy atom. The maximum absolute atomic E-state index is 4.33. The Hall–Kier alpha value is -0.900. The highest BCUT2D eigenvalue weighted by Gasteiger charge is 2.09. The van der Waals surface area contributed by atoms with Crippen LogP contribution in [0.25, 0.3) is 0 Å². The van der Waals surface area contributed by atoms with Gasteiger partial charge in [0.2, 0.25) is 0 Å². The van der Waals surface area contributed by atoms with Crippen molar-refractivity contribution in [3.05, 3.63) is 12.2 Å². The summed E-state index contributed by atoms with van der Waals surface area (Å²) in [6.07, 6.45) is 3.77. The van der Waals surface area contributed by atoms with Crippen LogP contribution >= 0.6 is 0 Å². The fourth-order valence-corrected chi connectivity index (χ4v) is 1.67. The van der Waals surface area contributed by atoms with E-state index in [4.69, 9.17) is 0 Å². The molecule has 1 heterocycles. The number of nitrogens with zero attached hydrogens (tertiary/aromatic N) is 3. The lowest BCUT2D eigenvalue weighted by Crippen LogP contribution is -2.29. The Morgan fingerprint density at radius 1 is 1.38 bits per heavy atom. The Bertz CT molecular complexity index is 293. The van der Waals surface area contributed by atoms with Crippen molar-refractivity contribution < 1.29 is 0 Å². The van der Waals surface area contributed by atoms with Gasteiger partial charge in [-0.1, -0.05) is 27.7 Å².